The molecule has 0 spiro atoms. The summed E-state index contributed by atoms with van der Waals surface area (Å²) in [6.07, 6.45) is -4.69. The van der Waals surface area contributed by atoms with Crippen molar-refractivity contribution in [2.24, 2.45) is 7.05 Å². The van der Waals surface area contributed by atoms with E-state index in [0.29, 0.717) is 6.07 Å². The lowest BCUT2D eigenvalue weighted by Crippen LogP contribution is -2.16. The number of hydrogen-bond acceptors (Lipinski definition) is 2. The van der Waals surface area contributed by atoms with Crippen LogP contribution in [-0.2, 0) is 13.2 Å². The largest absolute Gasteiger partial charge is 0.435 e. The van der Waals surface area contributed by atoms with Gasteiger partial charge >= 0.3 is 6.18 Å². The van der Waals surface area contributed by atoms with Gasteiger partial charge in [0.15, 0.2) is 5.69 Å². The summed E-state index contributed by atoms with van der Waals surface area (Å²) in [6, 6.07) is 6.69. The van der Waals surface area contributed by atoms with Crippen LogP contribution in [0.25, 0.3) is 11.3 Å². The first-order valence-corrected chi connectivity index (χ1v) is 8.74. The van der Waals surface area contributed by atoms with E-state index >= 15 is 0 Å². The minimum absolute atomic E-state index is 0.132. The highest BCUT2D eigenvalue weighted by Crippen LogP contribution is 2.33. The Kier molecular flexibility index (Phi) is 6.91. The molecule has 0 aliphatic heterocycles. The second-order valence-corrected chi connectivity index (χ2v) is 5.78. The molecule has 1 aromatic heterocycles. The summed E-state index contributed by atoms with van der Waals surface area (Å²) in [7, 11) is 1.22. The van der Waals surface area contributed by atoms with Crippen LogP contribution in [0.15, 0.2) is 42.5 Å². The van der Waals surface area contributed by atoms with Gasteiger partial charge in [0.2, 0.25) is 0 Å². The molecule has 0 aliphatic carbocycles. The van der Waals surface area contributed by atoms with Gasteiger partial charge in [0.05, 0.1) is 5.69 Å². The maximum atomic E-state index is 14.4. The lowest BCUT2D eigenvalue weighted by atomic mass is 10.1. The third-order valence-electron chi connectivity index (χ3n) is 3.86. The monoisotopic (exact) mass is 429 g/mol. The zero-order valence-corrected chi connectivity index (χ0v) is 16.1. The Morgan fingerprint density at radius 1 is 0.967 bits per heavy atom. The Morgan fingerprint density at radius 3 is 2.07 bits per heavy atom. The molecule has 1 amide bonds. The highest BCUT2D eigenvalue weighted by molar-refractivity contribution is 6.04. The number of anilines is 1. The van der Waals surface area contributed by atoms with Crippen molar-refractivity contribution in [1.82, 2.24) is 9.78 Å². The van der Waals surface area contributed by atoms with Crippen LogP contribution in [-0.4, -0.2) is 15.7 Å². The van der Waals surface area contributed by atoms with Crippen LogP contribution in [0.4, 0.5) is 32.0 Å². The number of alkyl halides is 3. The number of aromatic nitrogens is 2. The minimum Gasteiger partial charge on any atom is -0.322 e. The van der Waals surface area contributed by atoms with Gasteiger partial charge in [-0.2, -0.15) is 18.3 Å². The van der Waals surface area contributed by atoms with E-state index in [0.717, 1.165) is 35.0 Å². The van der Waals surface area contributed by atoms with Gasteiger partial charge in [-0.15, -0.1) is 0 Å². The second-order valence-electron chi connectivity index (χ2n) is 5.78. The average Bonchev–Trinajstić information content (AvgIpc) is 3.05. The van der Waals surface area contributed by atoms with Crippen LogP contribution in [0.2, 0.25) is 0 Å². The van der Waals surface area contributed by atoms with Gasteiger partial charge in [-0.3, -0.25) is 9.48 Å². The van der Waals surface area contributed by atoms with Crippen molar-refractivity contribution < 1.29 is 31.1 Å². The Morgan fingerprint density at radius 2 is 1.57 bits per heavy atom. The molecule has 3 aromatic rings. The van der Waals surface area contributed by atoms with E-state index < -0.39 is 40.8 Å². The minimum atomic E-state index is -4.69. The number of rotatable bonds is 3. The standard InChI is InChI=1S/C18H11F6N3O.C2H6/c1-27-14(8-15(26-27)18(22,23)24)10-6-5-9(7-13(10)21)25-17(28)16-11(19)3-2-4-12(16)20;1-2/h2-8H,1H3,(H,25,28);1-2H3. The summed E-state index contributed by atoms with van der Waals surface area (Å²) in [6.45, 7) is 4.00. The van der Waals surface area contributed by atoms with Gasteiger partial charge in [0.25, 0.3) is 5.91 Å². The fourth-order valence-electron chi connectivity index (χ4n) is 2.57. The molecular formula is C20H17F6N3O. The maximum absolute atomic E-state index is 14.4. The quantitative estimate of drug-likeness (QED) is 0.535. The Labute approximate surface area is 168 Å². The van der Waals surface area contributed by atoms with Crippen LogP contribution in [0.1, 0.15) is 29.9 Å². The molecule has 0 saturated heterocycles. The van der Waals surface area contributed by atoms with E-state index in [9.17, 15) is 31.1 Å². The van der Waals surface area contributed by atoms with Gasteiger partial charge in [-0.05, 0) is 36.4 Å². The molecule has 0 radical (unpaired) electrons. The summed E-state index contributed by atoms with van der Waals surface area (Å²) < 4.78 is 80.8. The summed E-state index contributed by atoms with van der Waals surface area (Å²) >= 11 is 0. The number of amides is 1. The molecule has 0 bridgehead atoms. The molecular weight excluding hydrogens is 412 g/mol. The first-order chi connectivity index (χ1) is 14.1. The first kappa shape index (κ1) is 23.0. The lowest BCUT2D eigenvalue weighted by molar-refractivity contribution is -0.141. The number of nitrogens with one attached hydrogen (secondary N) is 1. The van der Waals surface area contributed by atoms with Gasteiger partial charge < -0.3 is 5.32 Å². The van der Waals surface area contributed by atoms with E-state index in [1.165, 1.54) is 13.1 Å². The van der Waals surface area contributed by atoms with Crippen molar-refractivity contribution in [3.05, 3.63) is 71.2 Å². The zero-order chi connectivity index (χ0) is 22.6. The Bertz CT molecular complexity index is 1040. The van der Waals surface area contributed by atoms with Crippen LogP contribution in [0.3, 0.4) is 0 Å². The second kappa shape index (κ2) is 9.02. The molecule has 0 unspecified atom stereocenters. The van der Waals surface area contributed by atoms with Gasteiger partial charge in [0, 0.05) is 18.3 Å². The fourth-order valence-corrected chi connectivity index (χ4v) is 2.57. The third kappa shape index (κ3) is 4.81. The van der Waals surface area contributed by atoms with Crippen molar-refractivity contribution in [2.75, 3.05) is 5.32 Å². The van der Waals surface area contributed by atoms with Crippen LogP contribution in [0.5, 0.6) is 0 Å². The molecule has 0 saturated carbocycles. The number of carbonyl (C=O) groups excluding carboxylic acids is 1. The van der Waals surface area contributed by atoms with Crippen molar-refractivity contribution >= 4 is 11.6 Å². The molecule has 160 valence electrons. The lowest BCUT2D eigenvalue weighted by Gasteiger charge is -2.09. The normalized spacial score (nSPS) is 11.0. The van der Waals surface area contributed by atoms with Crippen molar-refractivity contribution in [2.45, 2.75) is 20.0 Å². The predicted molar refractivity (Wildman–Crippen MR) is 99.3 cm³/mol. The smallest absolute Gasteiger partial charge is 0.322 e. The molecule has 0 fully saturated rings. The third-order valence-corrected chi connectivity index (χ3v) is 3.86. The Balaban J connectivity index is 0.00000155. The highest BCUT2D eigenvalue weighted by atomic mass is 19.4. The van der Waals surface area contributed by atoms with E-state index in [4.69, 9.17) is 0 Å². The summed E-state index contributed by atoms with van der Waals surface area (Å²) in [5.74, 6) is -4.28. The number of hydrogen-bond donors (Lipinski definition) is 1. The molecule has 1 N–H and O–H groups in total. The van der Waals surface area contributed by atoms with Gasteiger partial charge in [-0.25, -0.2) is 13.2 Å². The number of nitrogens with zero attached hydrogens (tertiary/aromatic N) is 2. The molecule has 10 heteroatoms. The molecule has 0 aliphatic rings. The predicted octanol–water partition coefficient (Wildman–Crippen LogP) is 5.80. The summed E-state index contributed by atoms with van der Waals surface area (Å²) in [5.41, 5.74) is -2.49. The SMILES string of the molecule is CC.Cn1nc(C(F)(F)F)cc1-c1ccc(NC(=O)c2c(F)cccc2F)cc1F. The van der Waals surface area contributed by atoms with Crippen molar-refractivity contribution in [3.63, 3.8) is 0 Å². The molecule has 4 nitrogen and oxygen atoms in total. The molecule has 3 rings (SSSR count). The van der Waals surface area contributed by atoms with E-state index in [-0.39, 0.29) is 16.9 Å². The van der Waals surface area contributed by atoms with E-state index in [1.807, 2.05) is 13.8 Å². The highest BCUT2D eigenvalue weighted by Gasteiger charge is 2.35. The molecule has 1 heterocycles. The first-order valence-electron chi connectivity index (χ1n) is 8.74. The van der Waals surface area contributed by atoms with Crippen LogP contribution in [0, 0.1) is 17.5 Å². The molecule has 2 aromatic carbocycles. The van der Waals surface area contributed by atoms with E-state index in [2.05, 4.69) is 10.4 Å². The van der Waals surface area contributed by atoms with Gasteiger partial charge in [0.1, 0.15) is 23.0 Å². The average molecular weight is 429 g/mol. The summed E-state index contributed by atoms with van der Waals surface area (Å²) in [4.78, 5) is 12.0. The van der Waals surface area contributed by atoms with Crippen molar-refractivity contribution in [3.8, 4) is 11.3 Å². The van der Waals surface area contributed by atoms with Crippen LogP contribution >= 0.6 is 0 Å². The number of aryl methyl sites for hydroxylation is 1. The fraction of sp³-hybridized carbons (Fsp3) is 0.200. The number of halogens is 6. The maximum Gasteiger partial charge on any atom is 0.435 e. The zero-order valence-electron chi connectivity index (χ0n) is 16.1. The molecule has 30 heavy (non-hydrogen) atoms. The van der Waals surface area contributed by atoms with Crippen LogP contribution < -0.4 is 5.32 Å². The van der Waals surface area contributed by atoms with Gasteiger partial charge in [-0.1, -0.05) is 19.9 Å². The topological polar surface area (TPSA) is 46.9 Å². The Hall–Kier alpha value is -3.30. The number of benzene rings is 2. The molecule has 0 atom stereocenters. The summed E-state index contributed by atoms with van der Waals surface area (Å²) in [5, 5.41) is 5.44. The van der Waals surface area contributed by atoms with Crippen molar-refractivity contribution in [1.29, 1.82) is 0 Å². The number of carbonyl (C=O) groups is 1. The van der Waals surface area contributed by atoms with E-state index in [1.54, 1.807) is 0 Å².